The maximum atomic E-state index is 11.6. The van der Waals surface area contributed by atoms with Gasteiger partial charge in [0.15, 0.2) is 0 Å². The number of hydrogen-bond donors (Lipinski definition) is 1. The van der Waals surface area contributed by atoms with E-state index in [9.17, 15) is 18.0 Å². The van der Waals surface area contributed by atoms with Crippen LogP contribution in [0.4, 0.5) is 0 Å². The summed E-state index contributed by atoms with van der Waals surface area (Å²) in [6, 6.07) is 3.00. The average Bonchev–Trinajstić information content (AvgIpc) is 2.37. The van der Waals surface area contributed by atoms with E-state index in [1.54, 1.807) is 13.8 Å². The molecule has 21 heavy (non-hydrogen) atoms. The molecule has 0 saturated carbocycles. The molecular formula is C12H15CsO7S. The second-order valence-corrected chi connectivity index (χ2v) is 5.08. The summed E-state index contributed by atoms with van der Waals surface area (Å²) >= 11 is 0. The van der Waals surface area contributed by atoms with Gasteiger partial charge in [-0.05, 0) is 32.0 Å². The molecule has 0 bridgehead atoms. The van der Waals surface area contributed by atoms with Gasteiger partial charge in [0.25, 0.3) is 10.1 Å². The minimum atomic E-state index is -4.56. The fourth-order valence-corrected chi connectivity index (χ4v) is 1.96. The predicted molar refractivity (Wildman–Crippen MR) is 75.3 cm³/mol. The predicted octanol–water partition coefficient (Wildman–Crippen LogP) is 0.638. The Labute approximate surface area is 181 Å². The third-order valence-electron chi connectivity index (χ3n) is 2.23. The summed E-state index contributed by atoms with van der Waals surface area (Å²) in [6.45, 7) is 3.33. The molecule has 1 rings (SSSR count). The van der Waals surface area contributed by atoms with Gasteiger partial charge in [-0.3, -0.25) is 4.55 Å². The van der Waals surface area contributed by atoms with Crippen LogP contribution in [0.15, 0.2) is 23.1 Å². The van der Waals surface area contributed by atoms with E-state index in [1.165, 1.54) is 0 Å². The maximum absolute atomic E-state index is 11.6. The second-order valence-electron chi connectivity index (χ2n) is 3.66. The normalized spacial score (nSPS) is 10.4. The van der Waals surface area contributed by atoms with Crippen LogP contribution in [0.1, 0.15) is 34.6 Å². The van der Waals surface area contributed by atoms with Crippen molar-refractivity contribution in [2.45, 2.75) is 18.7 Å². The Bertz CT molecular complexity index is 588. The van der Waals surface area contributed by atoms with E-state index in [-0.39, 0.29) is 93.2 Å². The first-order valence-electron chi connectivity index (χ1n) is 5.76. The molecule has 0 aliphatic heterocycles. The summed E-state index contributed by atoms with van der Waals surface area (Å²) < 4.78 is 40.8. The SMILES string of the molecule is CCOC(=O)c1cc(C(=O)OCC)cc(S(=O)(=O)O)c1.[CsH]. The van der Waals surface area contributed by atoms with Crippen molar-refractivity contribution in [3.63, 3.8) is 0 Å². The van der Waals surface area contributed by atoms with Gasteiger partial charge in [-0.1, -0.05) is 0 Å². The molecule has 7 nitrogen and oxygen atoms in total. The molecule has 9 heteroatoms. The quantitative estimate of drug-likeness (QED) is 0.533. The molecule has 0 amide bonds. The van der Waals surface area contributed by atoms with Crippen molar-refractivity contribution in [2.24, 2.45) is 0 Å². The van der Waals surface area contributed by atoms with Crippen LogP contribution in [0.25, 0.3) is 0 Å². The van der Waals surface area contributed by atoms with E-state index in [0.29, 0.717) is 0 Å². The van der Waals surface area contributed by atoms with E-state index < -0.39 is 27.0 Å². The Morgan fingerprint density at radius 3 is 1.67 bits per heavy atom. The standard InChI is InChI=1S/C12H14O7S.Cs.H/c1-3-18-11(13)8-5-9(12(14)19-4-2)7-10(6-8)20(15,16)17;;/h5-7H,3-4H2,1-2H3,(H,15,16,17);;. The monoisotopic (exact) mass is 436 g/mol. The molecule has 0 atom stereocenters. The first kappa shape index (κ1) is 21.1. The molecule has 1 aromatic carbocycles. The van der Waals surface area contributed by atoms with Crippen molar-refractivity contribution in [3.05, 3.63) is 29.3 Å². The third-order valence-corrected chi connectivity index (χ3v) is 3.06. The van der Waals surface area contributed by atoms with E-state index in [4.69, 9.17) is 14.0 Å². The summed E-state index contributed by atoms with van der Waals surface area (Å²) in [7, 11) is -4.56. The molecule has 0 fully saturated rings. The summed E-state index contributed by atoms with van der Waals surface area (Å²) in [6.07, 6.45) is 0. The molecule has 0 saturated heterocycles. The number of hydrogen-bond acceptors (Lipinski definition) is 6. The Hall–Kier alpha value is 0.122. The van der Waals surface area contributed by atoms with Gasteiger partial charge in [-0.25, -0.2) is 9.59 Å². The fraction of sp³-hybridized carbons (Fsp3) is 0.333. The van der Waals surface area contributed by atoms with Crippen molar-refractivity contribution in [1.82, 2.24) is 0 Å². The first-order valence-corrected chi connectivity index (χ1v) is 7.20. The van der Waals surface area contributed by atoms with Gasteiger partial charge >= 0.3 is 80.8 Å². The first-order chi connectivity index (χ1) is 9.29. The van der Waals surface area contributed by atoms with Gasteiger partial charge in [0.05, 0.1) is 29.2 Å². The molecule has 0 aromatic heterocycles. The van der Waals surface area contributed by atoms with Crippen LogP contribution in [-0.4, -0.2) is 107 Å². The van der Waals surface area contributed by atoms with Gasteiger partial charge < -0.3 is 9.47 Å². The van der Waals surface area contributed by atoms with E-state index in [2.05, 4.69) is 0 Å². The van der Waals surface area contributed by atoms with Gasteiger partial charge in [-0.15, -0.1) is 0 Å². The molecule has 1 aromatic rings. The molecule has 1 N–H and O–H groups in total. The van der Waals surface area contributed by atoms with Crippen LogP contribution in [0.3, 0.4) is 0 Å². The van der Waals surface area contributed by atoms with E-state index in [0.717, 1.165) is 18.2 Å². The van der Waals surface area contributed by atoms with Crippen LogP contribution in [0.2, 0.25) is 0 Å². The number of carbonyl (C=O) groups excluding carboxylic acids is 2. The van der Waals surface area contributed by atoms with E-state index in [1.807, 2.05) is 0 Å². The summed E-state index contributed by atoms with van der Waals surface area (Å²) in [4.78, 5) is 22.6. The number of carbonyl (C=O) groups is 2. The fourth-order valence-electron chi connectivity index (χ4n) is 1.41. The van der Waals surface area contributed by atoms with Gasteiger partial charge in [0.1, 0.15) is 0 Å². The molecular weight excluding hydrogens is 421 g/mol. The molecule has 0 spiro atoms. The Kier molecular flexibility index (Phi) is 9.36. The number of ether oxygens (including phenoxy) is 2. The van der Waals surface area contributed by atoms with Gasteiger partial charge in [0.2, 0.25) is 0 Å². The van der Waals surface area contributed by atoms with Crippen LogP contribution in [0.5, 0.6) is 0 Å². The number of rotatable bonds is 5. The zero-order chi connectivity index (χ0) is 15.3. The molecule has 0 heterocycles. The third kappa shape index (κ3) is 6.40. The Balaban J connectivity index is 0.00000400. The summed E-state index contributed by atoms with van der Waals surface area (Å²) in [5.74, 6) is -1.60. The molecule has 112 valence electrons. The van der Waals surface area contributed by atoms with Gasteiger partial charge in [0, 0.05) is 0 Å². The summed E-state index contributed by atoms with van der Waals surface area (Å²) in [5, 5.41) is 0. The van der Waals surface area contributed by atoms with Crippen molar-refractivity contribution < 1.29 is 32.0 Å². The zero-order valence-electron chi connectivity index (χ0n) is 11.0. The van der Waals surface area contributed by atoms with Crippen molar-refractivity contribution in [2.75, 3.05) is 13.2 Å². The van der Waals surface area contributed by atoms with Crippen LogP contribution >= 0.6 is 0 Å². The molecule has 0 aliphatic carbocycles. The molecule has 0 aliphatic rings. The van der Waals surface area contributed by atoms with Crippen molar-refractivity contribution >= 4 is 91.0 Å². The van der Waals surface area contributed by atoms with Crippen molar-refractivity contribution in [1.29, 1.82) is 0 Å². The van der Waals surface area contributed by atoms with Gasteiger partial charge in [-0.2, -0.15) is 8.42 Å². The molecule has 0 radical (unpaired) electrons. The average molecular weight is 436 g/mol. The number of esters is 2. The van der Waals surface area contributed by atoms with E-state index >= 15 is 0 Å². The number of benzene rings is 1. The Morgan fingerprint density at radius 1 is 1.00 bits per heavy atom. The van der Waals surface area contributed by atoms with Crippen LogP contribution in [0, 0.1) is 0 Å². The second kappa shape index (κ2) is 9.30. The van der Waals surface area contributed by atoms with Crippen LogP contribution in [-0.2, 0) is 19.6 Å². The summed E-state index contributed by atoms with van der Waals surface area (Å²) in [5.41, 5.74) is -0.324. The Morgan fingerprint density at radius 2 is 1.38 bits per heavy atom. The topological polar surface area (TPSA) is 107 Å². The van der Waals surface area contributed by atoms with Crippen molar-refractivity contribution in [3.8, 4) is 0 Å². The molecule has 0 unspecified atom stereocenters. The minimum absolute atomic E-state index is 0. The van der Waals surface area contributed by atoms with Crippen LogP contribution < -0.4 is 0 Å². The zero-order valence-corrected chi connectivity index (χ0v) is 11.8.